The van der Waals surface area contributed by atoms with Gasteiger partial charge in [-0.05, 0) is 132 Å². The Hall–Kier alpha value is -1.29. The van der Waals surface area contributed by atoms with Gasteiger partial charge in [-0.2, -0.15) is 0 Å². The van der Waals surface area contributed by atoms with Crippen LogP contribution in [0.25, 0.3) is 0 Å². The molecule has 0 spiro atoms. The highest BCUT2D eigenvalue weighted by Crippen LogP contribution is 2.37. The molecule has 32 heavy (non-hydrogen) atoms. The van der Waals surface area contributed by atoms with Crippen LogP contribution in [-0.2, 0) is 0 Å². The van der Waals surface area contributed by atoms with E-state index < -0.39 is 17.8 Å². The number of nitrogens with one attached hydrogen (secondary N) is 1. The number of alkyl halides is 1. The third-order valence-electron chi connectivity index (χ3n) is 7.93. The smallest absolute Gasteiger partial charge is 0.161 e. The lowest BCUT2D eigenvalue weighted by atomic mass is 9.74. The maximum absolute atomic E-state index is 13.1. The molecule has 180 valence electrons. The molecule has 2 unspecified atom stereocenters. The zero-order valence-electron chi connectivity index (χ0n) is 20.0. The Bertz CT molecular complexity index is 674. The van der Waals surface area contributed by atoms with E-state index in [1.807, 2.05) is 0 Å². The summed E-state index contributed by atoms with van der Waals surface area (Å²) in [5.74, 6) is 2.69. The zero-order chi connectivity index (χ0) is 22.9. The SMILES string of the molecule is CC(F)CC1CCC(/C=C/C2CCC(C3CCNC3)CC2)CC1.Cc1cccc(F)c1F. The molecule has 4 heteroatoms. The van der Waals surface area contributed by atoms with E-state index in [1.165, 1.54) is 89.9 Å². The highest BCUT2D eigenvalue weighted by molar-refractivity contribution is 5.16. The molecule has 2 aliphatic carbocycles. The molecule has 1 aromatic rings. The van der Waals surface area contributed by atoms with Crippen LogP contribution in [0.2, 0.25) is 0 Å². The second kappa shape index (κ2) is 12.8. The highest BCUT2D eigenvalue weighted by Gasteiger charge is 2.28. The predicted molar refractivity (Wildman–Crippen MR) is 127 cm³/mol. The third-order valence-corrected chi connectivity index (χ3v) is 7.93. The molecule has 0 radical (unpaired) electrons. The first-order valence-corrected chi connectivity index (χ1v) is 12.9. The first kappa shape index (κ1) is 25.3. The summed E-state index contributed by atoms with van der Waals surface area (Å²) in [6.07, 6.45) is 17.4. The molecule has 1 N–H and O–H groups in total. The summed E-state index contributed by atoms with van der Waals surface area (Å²) in [5, 5.41) is 3.53. The van der Waals surface area contributed by atoms with Gasteiger partial charge >= 0.3 is 0 Å². The maximum Gasteiger partial charge on any atom is 0.161 e. The van der Waals surface area contributed by atoms with Crippen molar-refractivity contribution in [3.05, 3.63) is 47.5 Å². The lowest BCUT2D eigenvalue weighted by Crippen LogP contribution is -2.23. The molecule has 0 bridgehead atoms. The van der Waals surface area contributed by atoms with Crippen molar-refractivity contribution in [3.8, 4) is 0 Å². The molecule has 4 rings (SSSR count). The standard InChI is InChI=1S/C21H36FN.C7H6F2/c1-16(22)14-19-6-4-17(5-7-19)2-3-18-8-10-20(11-9-18)21-12-13-23-15-21;1-5-3-2-4-6(8)7(5)9/h2-3,16-21,23H,4-15H2,1H3;2-4H,1H3/b3-2+;. The van der Waals surface area contributed by atoms with Crippen molar-refractivity contribution in [2.45, 2.75) is 84.2 Å². The average molecular weight is 450 g/mol. The molecule has 3 aliphatic rings. The van der Waals surface area contributed by atoms with Gasteiger partial charge in [0.2, 0.25) is 0 Å². The number of rotatable bonds is 5. The minimum atomic E-state index is -0.782. The van der Waals surface area contributed by atoms with E-state index in [9.17, 15) is 13.2 Å². The Morgan fingerprint density at radius 1 is 0.906 bits per heavy atom. The van der Waals surface area contributed by atoms with Crippen LogP contribution < -0.4 is 5.32 Å². The van der Waals surface area contributed by atoms with Crippen molar-refractivity contribution in [2.24, 2.45) is 29.6 Å². The van der Waals surface area contributed by atoms with Crippen LogP contribution in [0.1, 0.15) is 76.7 Å². The molecular weight excluding hydrogens is 407 g/mol. The van der Waals surface area contributed by atoms with Gasteiger partial charge in [0.25, 0.3) is 0 Å². The van der Waals surface area contributed by atoms with Gasteiger partial charge in [-0.3, -0.25) is 0 Å². The summed E-state index contributed by atoms with van der Waals surface area (Å²) >= 11 is 0. The fourth-order valence-electron chi connectivity index (χ4n) is 5.89. The van der Waals surface area contributed by atoms with Crippen LogP contribution >= 0.6 is 0 Å². The monoisotopic (exact) mass is 449 g/mol. The molecular formula is C28H42F3N. The van der Waals surface area contributed by atoms with Gasteiger partial charge in [-0.15, -0.1) is 0 Å². The van der Waals surface area contributed by atoms with Crippen molar-refractivity contribution in [3.63, 3.8) is 0 Å². The van der Waals surface area contributed by atoms with Gasteiger partial charge in [0.1, 0.15) is 0 Å². The lowest BCUT2D eigenvalue weighted by molar-refractivity contribution is 0.225. The van der Waals surface area contributed by atoms with Gasteiger partial charge in [-0.1, -0.05) is 24.3 Å². The molecule has 0 amide bonds. The molecule has 1 nitrogen and oxygen atoms in total. The van der Waals surface area contributed by atoms with Crippen LogP contribution in [0.4, 0.5) is 13.2 Å². The molecule has 1 aromatic carbocycles. The van der Waals surface area contributed by atoms with E-state index in [2.05, 4.69) is 17.5 Å². The van der Waals surface area contributed by atoms with Crippen molar-refractivity contribution < 1.29 is 13.2 Å². The summed E-state index contributed by atoms with van der Waals surface area (Å²) in [5.41, 5.74) is 0.343. The van der Waals surface area contributed by atoms with E-state index in [0.717, 1.165) is 36.2 Å². The molecule has 1 heterocycles. The number of halogens is 3. The molecule has 3 fully saturated rings. The van der Waals surface area contributed by atoms with Crippen molar-refractivity contribution in [2.75, 3.05) is 13.1 Å². The number of aryl methyl sites for hydroxylation is 1. The molecule has 2 saturated carbocycles. The normalized spacial score (nSPS) is 31.8. The molecule has 1 saturated heterocycles. The van der Waals surface area contributed by atoms with Crippen molar-refractivity contribution >= 4 is 0 Å². The highest BCUT2D eigenvalue weighted by atomic mass is 19.2. The summed E-state index contributed by atoms with van der Waals surface area (Å²) in [7, 11) is 0. The Morgan fingerprint density at radius 3 is 2.03 bits per heavy atom. The zero-order valence-corrected chi connectivity index (χ0v) is 20.0. The number of hydrogen-bond acceptors (Lipinski definition) is 1. The van der Waals surface area contributed by atoms with Crippen LogP contribution in [0.15, 0.2) is 30.4 Å². The first-order chi connectivity index (χ1) is 15.4. The second-order valence-electron chi connectivity index (χ2n) is 10.5. The summed E-state index contributed by atoms with van der Waals surface area (Å²) in [6, 6.07) is 4.11. The second-order valence-corrected chi connectivity index (χ2v) is 10.5. The Labute approximate surface area is 193 Å². The average Bonchev–Trinajstić information content (AvgIpc) is 3.32. The Kier molecular flexibility index (Phi) is 10.1. The van der Waals surface area contributed by atoms with E-state index in [-0.39, 0.29) is 0 Å². The van der Waals surface area contributed by atoms with Crippen LogP contribution in [0.5, 0.6) is 0 Å². The van der Waals surface area contributed by atoms with E-state index >= 15 is 0 Å². The van der Waals surface area contributed by atoms with Crippen molar-refractivity contribution in [1.82, 2.24) is 5.32 Å². The minimum Gasteiger partial charge on any atom is -0.316 e. The molecule has 2 atom stereocenters. The van der Waals surface area contributed by atoms with Gasteiger partial charge in [0, 0.05) is 0 Å². The first-order valence-electron chi connectivity index (χ1n) is 12.9. The van der Waals surface area contributed by atoms with Gasteiger partial charge in [0.05, 0.1) is 6.17 Å². The predicted octanol–water partition coefficient (Wildman–Crippen LogP) is 7.79. The van der Waals surface area contributed by atoms with Gasteiger partial charge < -0.3 is 5.32 Å². The van der Waals surface area contributed by atoms with Crippen LogP contribution in [-0.4, -0.2) is 19.3 Å². The van der Waals surface area contributed by atoms with Crippen LogP contribution in [0.3, 0.4) is 0 Å². The molecule has 1 aliphatic heterocycles. The number of hydrogen-bond donors (Lipinski definition) is 1. The van der Waals surface area contributed by atoms with Crippen LogP contribution in [0, 0.1) is 48.1 Å². The summed E-state index contributed by atoms with van der Waals surface area (Å²) in [6.45, 7) is 5.75. The topological polar surface area (TPSA) is 12.0 Å². The number of benzene rings is 1. The lowest BCUT2D eigenvalue weighted by Gasteiger charge is -2.31. The van der Waals surface area contributed by atoms with E-state index in [4.69, 9.17) is 0 Å². The quantitative estimate of drug-likeness (QED) is 0.452. The fraction of sp³-hybridized carbons (Fsp3) is 0.714. The summed E-state index contributed by atoms with van der Waals surface area (Å²) < 4.78 is 37.7. The van der Waals surface area contributed by atoms with E-state index in [0.29, 0.717) is 11.5 Å². The fourth-order valence-corrected chi connectivity index (χ4v) is 5.89. The van der Waals surface area contributed by atoms with Crippen molar-refractivity contribution in [1.29, 1.82) is 0 Å². The minimum absolute atomic E-state index is 0.343. The van der Waals surface area contributed by atoms with Gasteiger partial charge in [0.15, 0.2) is 11.6 Å². The summed E-state index contributed by atoms with van der Waals surface area (Å²) in [4.78, 5) is 0. The van der Waals surface area contributed by atoms with E-state index in [1.54, 1.807) is 6.92 Å². The Balaban J connectivity index is 0.000000269. The third kappa shape index (κ3) is 7.93. The van der Waals surface area contributed by atoms with Gasteiger partial charge in [-0.25, -0.2) is 13.2 Å². The maximum atomic E-state index is 13.1. The Morgan fingerprint density at radius 2 is 1.53 bits per heavy atom. The molecule has 0 aromatic heterocycles. The largest absolute Gasteiger partial charge is 0.316 e. The number of allylic oxidation sites excluding steroid dienone is 2.